The van der Waals surface area contributed by atoms with Crippen molar-refractivity contribution in [2.45, 2.75) is 44.7 Å². The molecule has 0 saturated carbocycles. The summed E-state index contributed by atoms with van der Waals surface area (Å²) in [4.78, 5) is 11.9. The Balaban J connectivity index is 2.17. The minimum absolute atomic E-state index is 0.0581. The number of hydrogen-bond donors (Lipinski definition) is 2. The molecule has 17 heavy (non-hydrogen) atoms. The van der Waals surface area contributed by atoms with Gasteiger partial charge in [0.1, 0.15) is 0 Å². The van der Waals surface area contributed by atoms with Crippen LogP contribution in [0, 0.1) is 0 Å². The molecule has 0 radical (unpaired) electrons. The molecule has 0 spiro atoms. The van der Waals surface area contributed by atoms with Gasteiger partial charge in [0.25, 0.3) is 0 Å². The number of aromatic nitrogens is 2. The molecule has 1 unspecified atom stereocenters. The van der Waals surface area contributed by atoms with E-state index in [2.05, 4.69) is 10.4 Å². The molecule has 1 aromatic rings. The van der Waals surface area contributed by atoms with Crippen molar-refractivity contribution in [1.29, 1.82) is 0 Å². The number of carbonyl (C=O) groups excluding carboxylic acids is 1. The predicted octanol–water partition coefficient (Wildman–Crippen LogP) is 0.651. The molecule has 94 valence electrons. The average Bonchev–Trinajstić information content (AvgIpc) is 2.60. The lowest BCUT2D eigenvalue weighted by atomic mass is 9.92. The zero-order valence-corrected chi connectivity index (χ0v) is 10.7. The lowest BCUT2D eigenvalue weighted by Crippen LogP contribution is -2.50. The van der Waals surface area contributed by atoms with E-state index in [1.807, 2.05) is 17.9 Å². The van der Waals surface area contributed by atoms with E-state index >= 15 is 0 Å². The number of amides is 1. The first-order chi connectivity index (χ1) is 7.89. The van der Waals surface area contributed by atoms with Crippen LogP contribution in [0.5, 0.6) is 0 Å². The Morgan fingerprint density at radius 3 is 3.00 bits per heavy atom. The summed E-state index contributed by atoms with van der Waals surface area (Å²) in [6, 6.07) is 0.0581. The van der Waals surface area contributed by atoms with Crippen molar-refractivity contribution in [2.24, 2.45) is 12.8 Å². The van der Waals surface area contributed by atoms with Crippen LogP contribution in [0.2, 0.25) is 0 Å². The van der Waals surface area contributed by atoms with Crippen LogP contribution in [0.4, 0.5) is 0 Å². The van der Waals surface area contributed by atoms with Gasteiger partial charge >= 0.3 is 0 Å². The van der Waals surface area contributed by atoms with Gasteiger partial charge in [-0.05, 0) is 33.1 Å². The van der Waals surface area contributed by atoms with Gasteiger partial charge in [-0.15, -0.1) is 0 Å². The molecule has 5 heteroatoms. The maximum atomic E-state index is 11.9. The second-order valence-corrected chi connectivity index (χ2v) is 5.31. The van der Waals surface area contributed by atoms with Gasteiger partial charge in [0.15, 0.2) is 0 Å². The third kappa shape index (κ3) is 2.34. The van der Waals surface area contributed by atoms with Gasteiger partial charge in [-0.2, -0.15) is 5.10 Å². The molecule has 1 aromatic heterocycles. The number of fused-ring (bicyclic) bond motifs is 1. The number of rotatable bonds is 2. The number of nitrogens with two attached hydrogens (primary N) is 1. The van der Waals surface area contributed by atoms with Crippen LogP contribution in [0.3, 0.4) is 0 Å². The Bertz CT molecular complexity index is 430. The molecule has 1 aliphatic carbocycles. The lowest BCUT2D eigenvalue weighted by molar-refractivity contribution is -0.126. The normalized spacial score (nSPS) is 19.9. The summed E-state index contributed by atoms with van der Waals surface area (Å²) in [5, 5.41) is 7.26. The number of aryl methyl sites for hydroxylation is 1. The van der Waals surface area contributed by atoms with Gasteiger partial charge in [0.05, 0.1) is 17.8 Å². The van der Waals surface area contributed by atoms with E-state index in [-0.39, 0.29) is 11.9 Å². The summed E-state index contributed by atoms with van der Waals surface area (Å²) in [6.45, 7) is 3.44. The van der Waals surface area contributed by atoms with Gasteiger partial charge < -0.3 is 11.1 Å². The van der Waals surface area contributed by atoms with Crippen LogP contribution in [-0.2, 0) is 18.3 Å². The summed E-state index contributed by atoms with van der Waals surface area (Å²) in [5.74, 6) is -0.112. The molecule has 0 bridgehead atoms. The van der Waals surface area contributed by atoms with Crippen LogP contribution in [0.25, 0.3) is 0 Å². The maximum absolute atomic E-state index is 11.9. The van der Waals surface area contributed by atoms with Crippen LogP contribution in [0.15, 0.2) is 6.20 Å². The average molecular weight is 236 g/mol. The van der Waals surface area contributed by atoms with Crippen molar-refractivity contribution < 1.29 is 4.79 Å². The molecule has 1 atom stereocenters. The smallest absolute Gasteiger partial charge is 0.239 e. The second-order valence-electron chi connectivity index (χ2n) is 5.31. The van der Waals surface area contributed by atoms with Gasteiger partial charge in [-0.3, -0.25) is 9.48 Å². The first-order valence-electron chi connectivity index (χ1n) is 6.00. The van der Waals surface area contributed by atoms with Crippen molar-refractivity contribution >= 4 is 5.91 Å². The Labute approximate surface area is 101 Å². The first kappa shape index (κ1) is 12.1. The molecule has 3 N–H and O–H groups in total. The number of nitrogens with zero attached hydrogens (tertiary/aromatic N) is 2. The highest BCUT2D eigenvalue weighted by atomic mass is 16.2. The first-order valence-corrected chi connectivity index (χ1v) is 6.00. The quantitative estimate of drug-likeness (QED) is 0.792. The van der Waals surface area contributed by atoms with E-state index in [0.717, 1.165) is 24.8 Å². The minimum atomic E-state index is -0.834. The summed E-state index contributed by atoms with van der Waals surface area (Å²) < 4.78 is 1.89. The summed E-state index contributed by atoms with van der Waals surface area (Å²) in [5.41, 5.74) is 7.31. The zero-order chi connectivity index (χ0) is 12.6. The zero-order valence-electron chi connectivity index (χ0n) is 10.7. The summed E-state index contributed by atoms with van der Waals surface area (Å²) >= 11 is 0. The number of hydrogen-bond acceptors (Lipinski definition) is 3. The van der Waals surface area contributed by atoms with Crippen molar-refractivity contribution in [1.82, 2.24) is 15.1 Å². The largest absolute Gasteiger partial charge is 0.348 e. The molecule has 0 aliphatic heterocycles. The molecule has 2 rings (SSSR count). The van der Waals surface area contributed by atoms with Gasteiger partial charge in [0.2, 0.25) is 5.91 Å². The standard InChI is InChI=1S/C12H20N4O/c1-12(2,13)11(17)15-9-5-4-6-10-8(9)7-14-16(10)3/h7,9H,4-6,13H2,1-3H3,(H,15,17). The topological polar surface area (TPSA) is 72.9 Å². The molecule has 1 heterocycles. The second kappa shape index (κ2) is 4.14. The maximum Gasteiger partial charge on any atom is 0.239 e. The van der Waals surface area contributed by atoms with E-state index in [4.69, 9.17) is 5.73 Å². The SMILES string of the molecule is Cn1ncc2c1CCCC2NC(=O)C(C)(C)N. The van der Waals surface area contributed by atoms with E-state index in [0.29, 0.717) is 0 Å². The summed E-state index contributed by atoms with van der Waals surface area (Å²) in [6.07, 6.45) is 4.91. The predicted molar refractivity (Wildman–Crippen MR) is 65.3 cm³/mol. The Hall–Kier alpha value is -1.36. The Morgan fingerprint density at radius 2 is 2.35 bits per heavy atom. The van der Waals surface area contributed by atoms with Crippen molar-refractivity contribution in [2.75, 3.05) is 0 Å². The summed E-state index contributed by atoms with van der Waals surface area (Å²) in [7, 11) is 1.94. The van der Waals surface area contributed by atoms with E-state index < -0.39 is 5.54 Å². The highest BCUT2D eigenvalue weighted by Crippen LogP contribution is 2.29. The number of nitrogens with one attached hydrogen (secondary N) is 1. The van der Waals surface area contributed by atoms with Crippen LogP contribution in [-0.4, -0.2) is 21.2 Å². The molecule has 1 aliphatic rings. The van der Waals surface area contributed by atoms with E-state index in [1.165, 1.54) is 5.69 Å². The van der Waals surface area contributed by atoms with E-state index in [9.17, 15) is 4.79 Å². The van der Waals surface area contributed by atoms with Crippen LogP contribution < -0.4 is 11.1 Å². The Morgan fingerprint density at radius 1 is 1.65 bits per heavy atom. The third-order valence-electron chi connectivity index (χ3n) is 3.27. The fourth-order valence-corrected chi connectivity index (χ4v) is 2.20. The monoisotopic (exact) mass is 236 g/mol. The highest BCUT2D eigenvalue weighted by molar-refractivity contribution is 5.85. The Kier molecular flexibility index (Phi) is 2.95. The minimum Gasteiger partial charge on any atom is -0.348 e. The van der Waals surface area contributed by atoms with E-state index in [1.54, 1.807) is 13.8 Å². The molecule has 0 saturated heterocycles. The van der Waals surface area contributed by atoms with Gasteiger partial charge in [-0.25, -0.2) is 0 Å². The molecular formula is C12H20N4O. The van der Waals surface area contributed by atoms with Crippen molar-refractivity contribution in [3.63, 3.8) is 0 Å². The lowest BCUT2D eigenvalue weighted by Gasteiger charge is -2.27. The van der Waals surface area contributed by atoms with Crippen LogP contribution in [0.1, 0.15) is 44.0 Å². The fourth-order valence-electron chi connectivity index (χ4n) is 2.20. The van der Waals surface area contributed by atoms with Crippen molar-refractivity contribution in [3.05, 3.63) is 17.5 Å². The molecule has 0 aromatic carbocycles. The molecule has 5 nitrogen and oxygen atoms in total. The van der Waals surface area contributed by atoms with Crippen LogP contribution >= 0.6 is 0 Å². The molecule has 1 amide bonds. The van der Waals surface area contributed by atoms with Gasteiger partial charge in [0, 0.05) is 18.3 Å². The third-order valence-corrected chi connectivity index (χ3v) is 3.27. The highest BCUT2D eigenvalue weighted by Gasteiger charge is 2.29. The van der Waals surface area contributed by atoms with Gasteiger partial charge in [-0.1, -0.05) is 0 Å². The fraction of sp³-hybridized carbons (Fsp3) is 0.667. The van der Waals surface area contributed by atoms with Crippen molar-refractivity contribution in [3.8, 4) is 0 Å². The molecule has 0 fully saturated rings. The number of carbonyl (C=O) groups is 1. The molecular weight excluding hydrogens is 216 g/mol.